The lowest BCUT2D eigenvalue weighted by atomic mass is 10.0. The Morgan fingerprint density at radius 2 is 1.62 bits per heavy atom. The molecule has 0 aliphatic heterocycles. The number of rotatable bonds is 1. The minimum absolute atomic E-state index is 1.13. The van der Waals surface area contributed by atoms with Gasteiger partial charge in [-0.25, -0.2) is 0 Å². The molecule has 0 aliphatic rings. The summed E-state index contributed by atoms with van der Waals surface area (Å²) in [7, 11) is 0. The summed E-state index contributed by atoms with van der Waals surface area (Å²) in [4.78, 5) is 0. The summed E-state index contributed by atoms with van der Waals surface area (Å²) in [5.74, 6) is 0. The lowest BCUT2D eigenvalue weighted by Crippen LogP contribution is -1.85. The van der Waals surface area contributed by atoms with Crippen LogP contribution in [0.3, 0.4) is 0 Å². The quantitative estimate of drug-likeness (QED) is 0.644. The van der Waals surface area contributed by atoms with Gasteiger partial charge in [-0.15, -0.1) is 0 Å². The molecule has 16 heavy (non-hydrogen) atoms. The molecule has 0 amide bonds. The number of hydrogen-bond acceptors (Lipinski definition) is 0. The molecule has 0 aromatic heterocycles. The van der Waals surface area contributed by atoms with Gasteiger partial charge in [0, 0.05) is 8.95 Å². The highest BCUT2D eigenvalue weighted by Crippen LogP contribution is 2.35. The van der Waals surface area contributed by atoms with Gasteiger partial charge in [-0.2, -0.15) is 0 Å². The van der Waals surface area contributed by atoms with Gasteiger partial charge < -0.3 is 0 Å². The van der Waals surface area contributed by atoms with E-state index in [1.807, 2.05) is 0 Å². The lowest BCUT2D eigenvalue weighted by Gasteiger charge is -2.10. The van der Waals surface area contributed by atoms with E-state index in [0.717, 1.165) is 4.47 Å². The Balaban J connectivity index is 2.67. The first-order valence-corrected chi connectivity index (χ1v) is 6.70. The average molecular weight is 340 g/mol. The molecule has 0 unspecified atom stereocenters. The third-order valence-electron chi connectivity index (χ3n) is 2.60. The van der Waals surface area contributed by atoms with Gasteiger partial charge in [-0.3, -0.25) is 0 Å². The van der Waals surface area contributed by atoms with E-state index in [2.05, 4.69) is 82.1 Å². The van der Waals surface area contributed by atoms with Gasteiger partial charge in [-0.05, 0) is 52.5 Å². The second-order valence-electron chi connectivity index (χ2n) is 3.92. The minimum atomic E-state index is 1.13. The molecule has 0 radical (unpaired) electrons. The summed E-state index contributed by atoms with van der Waals surface area (Å²) < 4.78 is 2.30. The molecular weight excluding hydrogens is 328 g/mol. The zero-order chi connectivity index (χ0) is 11.7. The third-order valence-corrected chi connectivity index (χ3v) is 4.35. The van der Waals surface area contributed by atoms with Crippen LogP contribution in [-0.2, 0) is 0 Å². The van der Waals surface area contributed by atoms with Crippen LogP contribution in [0.2, 0.25) is 0 Å². The smallest absolute Gasteiger partial charge is 0.0283 e. The van der Waals surface area contributed by atoms with Crippen LogP contribution in [0.4, 0.5) is 0 Å². The van der Waals surface area contributed by atoms with Gasteiger partial charge in [0.25, 0.3) is 0 Å². The molecule has 2 aromatic rings. The summed E-state index contributed by atoms with van der Waals surface area (Å²) in [6.45, 7) is 4.22. The lowest BCUT2D eigenvalue weighted by molar-refractivity contribution is 1.40. The first-order valence-electron chi connectivity index (χ1n) is 5.11. The molecule has 2 heteroatoms. The van der Waals surface area contributed by atoms with E-state index in [0.29, 0.717) is 0 Å². The molecule has 0 saturated carbocycles. The van der Waals surface area contributed by atoms with Crippen LogP contribution >= 0.6 is 31.9 Å². The molecular formula is C14H12Br2. The van der Waals surface area contributed by atoms with Crippen molar-refractivity contribution >= 4 is 31.9 Å². The van der Waals surface area contributed by atoms with E-state index < -0.39 is 0 Å². The summed E-state index contributed by atoms with van der Waals surface area (Å²) in [5, 5.41) is 0. The monoisotopic (exact) mass is 338 g/mol. The molecule has 0 saturated heterocycles. The van der Waals surface area contributed by atoms with Crippen molar-refractivity contribution in [1.29, 1.82) is 0 Å². The van der Waals surface area contributed by atoms with Gasteiger partial charge in [0.2, 0.25) is 0 Å². The Morgan fingerprint density at radius 3 is 2.38 bits per heavy atom. The molecule has 0 bridgehead atoms. The molecule has 82 valence electrons. The third kappa shape index (κ3) is 2.23. The SMILES string of the molecule is Cc1ccc(Br)c(-c2cccc(C)c2Br)c1. The van der Waals surface area contributed by atoms with Crippen molar-refractivity contribution in [3.8, 4) is 11.1 Å². The Morgan fingerprint density at radius 1 is 0.875 bits per heavy atom. The summed E-state index contributed by atoms with van der Waals surface area (Å²) in [6.07, 6.45) is 0. The van der Waals surface area contributed by atoms with Crippen LogP contribution in [0.25, 0.3) is 11.1 Å². The second kappa shape index (κ2) is 4.72. The molecule has 0 spiro atoms. The normalized spacial score (nSPS) is 10.5. The largest absolute Gasteiger partial charge is 0.0613 e. The molecule has 0 atom stereocenters. The fraction of sp³-hybridized carbons (Fsp3) is 0.143. The van der Waals surface area contributed by atoms with Crippen LogP contribution in [0.5, 0.6) is 0 Å². The summed E-state index contributed by atoms with van der Waals surface area (Å²) in [6, 6.07) is 12.7. The molecule has 0 N–H and O–H groups in total. The zero-order valence-corrected chi connectivity index (χ0v) is 12.4. The maximum Gasteiger partial charge on any atom is 0.0283 e. The van der Waals surface area contributed by atoms with E-state index in [4.69, 9.17) is 0 Å². The highest BCUT2D eigenvalue weighted by atomic mass is 79.9. The summed E-state index contributed by atoms with van der Waals surface area (Å²) >= 11 is 7.26. The second-order valence-corrected chi connectivity index (χ2v) is 5.57. The van der Waals surface area contributed by atoms with E-state index in [-0.39, 0.29) is 0 Å². The van der Waals surface area contributed by atoms with Crippen molar-refractivity contribution in [2.24, 2.45) is 0 Å². The van der Waals surface area contributed by atoms with Crippen molar-refractivity contribution in [3.63, 3.8) is 0 Å². The van der Waals surface area contributed by atoms with Gasteiger partial charge in [0.05, 0.1) is 0 Å². The Kier molecular flexibility index (Phi) is 3.50. The van der Waals surface area contributed by atoms with E-state index in [1.165, 1.54) is 26.7 Å². The Bertz CT molecular complexity index is 530. The molecule has 0 heterocycles. The van der Waals surface area contributed by atoms with Gasteiger partial charge in [-0.1, -0.05) is 51.8 Å². The predicted octanol–water partition coefficient (Wildman–Crippen LogP) is 5.50. The van der Waals surface area contributed by atoms with Crippen molar-refractivity contribution in [2.45, 2.75) is 13.8 Å². The first kappa shape index (κ1) is 11.9. The molecule has 2 rings (SSSR count). The first-order chi connectivity index (χ1) is 7.59. The van der Waals surface area contributed by atoms with E-state index >= 15 is 0 Å². The predicted molar refractivity (Wildman–Crippen MR) is 76.8 cm³/mol. The van der Waals surface area contributed by atoms with Gasteiger partial charge in [0.15, 0.2) is 0 Å². The number of hydrogen-bond donors (Lipinski definition) is 0. The highest BCUT2D eigenvalue weighted by Gasteiger charge is 2.08. The maximum absolute atomic E-state index is 3.65. The van der Waals surface area contributed by atoms with Crippen molar-refractivity contribution < 1.29 is 0 Å². The average Bonchev–Trinajstić information content (AvgIpc) is 2.26. The number of halogens is 2. The molecule has 2 aromatic carbocycles. The maximum atomic E-state index is 3.65. The number of benzene rings is 2. The van der Waals surface area contributed by atoms with Gasteiger partial charge >= 0.3 is 0 Å². The standard InChI is InChI=1S/C14H12Br2/c1-9-6-7-13(15)12(8-9)11-5-3-4-10(2)14(11)16/h3-8H,1-2H3. The zero-order valence-electron chi connectivity index (χ0n) is 9.22. The molecule has 0 nitrogen and oxygen atoms in total. The summed E-state index contributed by atoms with van der Waals surface area (Å²) in [5.41, 5.74) is 4.99. The highest BCUT2D eigenvalue weighted by molar-refractivity contribution is 9.11. The molecule has 0 aliphatic carbocycles. The van der Waals surface area contributed by atoms with E-state index in [1.54, 1.807) is 0 Å². The Labute approximate surface area is 113 Å². The van der Waals surface area contributed by atoms with Crippen molar-refractivity contribution in [2.75, 3.05) is 0 Å². The van der Waals surface area contributed by atoms with Crippen molar-refractivity contribution in [1.82, 2.24) is 0 Å². The minimum Gasteiger partial charge on any atom is -0.0613 e. The fourth-order valence-corrected chi connectivity index (χ4v) is 2.64. The number of aryl methyl sites for hydroxylation is 2. The van der Waals surface area contributed by atoms with E-state index in [9.17, 15) is 0 Å². The van der Waals surface area contributed by atoms with Crippen LogP contribution in [0.1, 0.15) is 11.1 Å². The van der Waals surface area contributed by atoms with Gasteiger partial charge in [0.1, 0.15) is 0 Å². The van der Waals surface area contributed by atoms with Crippen LogP contribution in [0, 0.1) is 13.8 Å². The topological polar surface area (TPSA) is 0 Å². The van der Waals surface area contributed by atoms with Crippen LogP contribution in [0.15, 0.2) is 45.3 Å². The van der Waals surface area contributed by atoms with Crippen LogP contribution < -0.4 is 0 Å². The Hall–Kier alpha value is -0.600. The fourth-order valence-electron chi connectivity index (χ4n) is 1.70. The van der Waals surface area contributed by atoms with Crippen molar-refractivity contribution in [3.05, 3.63) is 56.5 Å². The molecule has 0 fully saturated rings. The van der Waals surface area contributed by atoms with Crippen LogP contribution in [-0.4, -0.2) is 0 Å².